The van der Waals surface area contributed by atoms with Gasteiger partial charge in [0.05, 0.1) is 5.92 Å². The third-order valence-corrected chi connectivity index (χ3v) is 2.74. The highest BCUT2D eigenvalue weighted by atomic mass is 19.1. The summed E-state index contributed by atoms with van der Waals surface area (Å²) in [5.74, 6) is -0.538. The van der Waals surface area contributed by atoms with E-state index >= 15 is 0 Å². The molecule has 3 heteroatoms. The maximum absolute atomic E-state index is 13.5. The number of rotatable bonds is 1. The molecule has 1 aromatic rings. The minimum absolute atomic E-state index is 0.0284. The minimum atomic E-state index is -0.295. The molecule has 14 heavy (non-hydrogen) atoms. The number of nitrogens with zero attached hydrogens (tertiary/aromatic N) is 1. The molecule has 74 valence electrons. The van der Waals surface area contributed by atoms with Gasteiger partial charge in [0, 0.05) is 24.8 Å². The highest BCUT2D eigenvalue weighted by molar-refractivity contribution is 5.88. The van der Waals surface area contributed by atoms with Gasteiger partial charge in [0.2, 0.25) is 0 Å². The van der Waals surface area contributed by atoms with Crippen molar-refractivity contribution in [3.05, 3.63) is 29.6 Å². The van der Waals surface area contributed by atoms with Crippen LogP contribution in [0.2, 0.25) is 0 Å². The van der Waals surface area contributed by atoms with Gasteiger partial charge in [-0.1, -0.05) is 6.07 Å². The van der Waals surface area contributed by atoms with Crippen LogP contribution in [0.25, 0.3) is 0 Å². The first-order valence-electron chi connectivity index (χ1n) is 4.61. The molecule has 1 aliphatic rings. The lowest BCUT2D eigenvalue weighted by molar-refractivity contribution is -0.118. The fourth-order valence-corrected chi connectivity index (χ4v) is 2.00. The van der Waals surface area contributed by atoms with Crippen LogP contribution >= 0.6 is 0 Å². The highest BCUT2D eigenvalue weighted by Gasteiger charge is 2.31. The Kier molecular flexibility index (Phi) is 2.02. The van der Waals surface area contributed by atoms with E-state index in [1.54, 1.807) is 6.07 Å². The van der Waals surface area contributed by atoms with Crippen LogP contribution in [-0.4, -0.2) is 19.4 Å². The van der Waals surface area contributed by atoms with Crippen molar-refractivity contribution in [2.45, 2.75) is 12.8 Å². The van der Waals surface area contributed by atoms with Crippen molar-refractivity contribution in [1.29, 1.82) is 0 Å². The number of halogens is 1. The molecule has 0 spiro atoms. The first kappa shape index (κ1) is 9.19. The van der Waals surface area contributed by atoms with E-state index in [-0.39, 0.29) is 17.5 Å². The fourth-order valence-electron chi connectivity index (χ4n) is 2.00. The van der Waals surface area contributed by atoms with E-state index in [0.717, 1.165) is 5.69 Å². The van der Waals surface area contributed by atoms with Crippen molar-refractivity contribution in [1.82, 2.24) is 0 Å². The number of likely N-dealkylation sites (N-methyl/N-ethyl adjacent to an activating group) is 1. The van der Waals surface area contributed by atoms with Gasteiger partial charge in [0.25, 0.3) is 0 Å². The molecule has 1 unspecified atom stereocenters. The average Bonchev–Trinajstić information content (AvgIpc) is 2.46. The molecule has 0 amide bonds. The zero-order valence-corrected chi connectivity index (χ0v) is 8.25. The minimum Gasteiger partial charge on any atom is -0.373 e. The fraction of sp³-hybridized carbons (Fsp3) is 0.364. The number of carbonyl (C=O) groups is 1. The molecular weight excluding hydrogens is 181 g/mol. The molecule has 0 aliphatic carbocycles. The number of fused-ring (bicyclic) bond motifs is 1. The molecule has 2 rings (SSSR count). The van der Waals surface area contributed by atoms with Gasteiger partial charge in [-0.3, -0.25) is 4.79 Å². The zero-order chi connectivity index (χ0) is 10.3. The molecule has 2 nitrogen and oxygen atoms in total. The number of hydrogen-bond acceptors (Lipinski definition) is 2. The van der Waals surface area contributed by atoms with E-state index in [1.165, 1.54) is 13.0 Å². The lowest BCUT2D eigenvalue weighted by Crippen LogP contribution is -2.18. The number of hydrogen-bond donors (Lipinski definition) is 0. The molecule has 0 radical (unpaired) electrons. The monoisotopic (exact) mass is 193 g/mol. The maximum atomic E-state index is 13.5. The molecule has 0 saturated carbocycles. The largest absolute Gasteiger partial charge is 0.373 e. The summed E-state index contributed by atoms with van der Waals surface area (Å²) in [6, 6.07) is 4.93. The molecule has 0 fully saturated rings. The van der Waals surface area contributed by atoms with Gasteiger partial charge in [-0.2, -0.15) is 0 Å². The van der Waals surface area contributed by atoms with Gasteiger partial charge in [-0.05, 0) is 19.1 Å². The summed E-state index contributed by atoms with van der Waals surface area (Å²) in [7, 11) is 1.88. The van der Waals surface area contributed by atoms with Crippen LogP contribution in [-0.2, 0) is 4.79 Å². The second kappa shape index (κ2) is 3.08. The van der Waals surface area contributed by atoms with Crippen LogP contribution in [0.4, 0.5) is 10.1 Å². The summed E-state index contributed by atoms with van der Waals surface area (Å²) in [5.41, 5.74) is 1.40. The third kappa shape index (κ3) is 1.20. The van der Waals surface area contributed by atoms with Crippen molar-refractivity contribution < 1.29 is 9.18 Å². The van der Waals surface area contributed by atoms with Crippen LogP contribution in [0, 0.1) is 5.82 Å². The summed E-state index contributed by atoms with van der Waals surface area (Å²) >= 11 is 0. The number of carbonyl (C=O) groups excluding carboxylic acids is 1. The maximum Gasteiger partial charge on any atom is 0.139 e. The topological polar surface area (TPSA) is 20.3 Å². The van der Waals surface area contributed by atoms with Gasteiger partial charge in [-0.25, -0.2) is 4.39 Å². The normalized spacial score (nSPS) is 19.6. The number of benzene rings is 1. The predicted molar refractivity (Wildman–Crippen MR) is 53.1 cm³/mol. The van der Waals surface area contributed by atoms with E-state index < -0.39 is 0 Å². The Labute approximate surface area is 82.3 Å². The molecule has 1 aliphatic heterocycles. The Balaban J connectivity index is 2.56. The smallest absolute Gasteiger partial charge is 0.139 e. The van der Waals surface area contributed by atoms with Crippen molar-refractivity contribution in [3.63, 3.8) is 0 Å². The van der Waals surface area contributed by atoms with Crippen LogP contribution in [0.5, 0.6) is 0 Å². The first-order chi connectivity index (χ1) is 6.61. The van der Waals surface area contributed by atoms with Crippen molar-refractivity contribution in [2.75, 3.05) is 18.5 Å². The van der Waals surface area contributed by atoms with E-state index in [4.69, 9.17) is 0 Å². The Hall–Kier alpha value is -1.38. The lowest BCUT2D eigenvalue weighted by atomic mass is 9.97. The van der Waals surface area contributed by atoms with Gasteiger partial charge in [-0.15, -0.1) is 0 Å². The van der Waals surface area contributed by atoms with E-state index in [1.807, 2.05) is 18.0 Å². The van der Waals surface area contributed by atoms with E-state index in [9.17, 15) is 9.18 Å². The number of ketones is 1. The number of Topliss-reactive ketones (excluding diaryl/α,β-unsaturated/α-hetero) is 1. The van der Waals surface area contributed by atoms with Crippen molar-refractivity contribution in [2.24, 2.45) is 0 Å². The molecule has 0 aromatic heterocycles. The summed E-state index contributed by atoms with van der Waals surface area (Å²) < 4.78 is 13.5. The summed E-state index contributed by atoms with van der Waals surface area (Å²) in [6.45, 7) is 2.10. The Morgan fingerprint density at radius 1 is 1.57 bits per heavy atom. The van der Waals surface area contributed by atoms with Gasteiger partial charge in [0.15, 0.2) is 0 Å². The van der Waals surface area contributed by atoms with Crippen molar-refractivity contribution >= 4 is 11.5 Å². The molecule has 0 saturated heterocycles. The van der Waals surface area contributed by atoms with Gasteiger partial charge in [0.1, 0.15) is 11.6 Å². The van der Waals surface area contributed by atoms with Crippen molar-refractivity contribution in [3.8, 4) is 0 Å². The van der Waals surface area contributed by atoms with Crippen LogP contribution in [0.15, 0.2) is 18.2 Å². The van der Waals surface area contributed by atoms with Crippen LogP contribution in [0.3, 0.4) is 0 Å². The molecule has 0 bridgehead atoms. The molecule has 0 N–H and O–H groups in total. The summed E-state index contributed by atoms with van der Waals surface area (Å²) in [4.78, 5) is 13.2. The predicted octanol–water partition coefficient (Wildman–Crippen LogP) is 1.95. The molecule has 1 heterocycles. The third-order valence-electron chi connectivity index (χ3n) is 2.74. The van der Waals surface area contributed by atoms with Gasteiger partial charge < -0.3 is 4.90 Å². The quantitative estimate of drug-likeness (QED) is 0.679. The van der Waals surface area contributed by atoms with Crippen LogP contribution < -0.4 is 4.90 Å². The summed E-state index contributed by atoms with van der Waals surface area (Å²) in [5, 5.41) is 0. The Morgan fingerprint density at radius 2 is 2.29 bits per heavy atom. The average molecular weight is 193 g/mol. The van der Waals surface area contributed by atoms with E-state index in [2.05, 4.69) is 0 Å². The highest BCUT2D eigenvalue weighted by Crippen LogP contribution is 2.37. The summed E-state index contributed by atoms with van der Waals surface area (Å²) in [6.07, 6.45) is 0. The lowest BCUT2D eigenvalue weighted by Gasteiger charge is -2.10. The molecule has 1 atom stereocenters. The molecule has 1 aromatic carbocycles. The Bertz CT molecular complexity index is 389. The molecular formula is C11H12FNO. The first-order valence-corrected chi connectivity index (χ1v) is 4.61. The zero-order valence-electron chi connectivity index (χ0n) is 8.25. The second-order valence-corrected chi connectivity index (χ2v) is 3.72. The van der Waals surface area contributed by atoms with Crippen LogP contribution in [0.1, 0.15) is 18.4 Å². The standard InChI is InChI=1S/C11H12FNO/c1-7(14)8-6-13(2)10-5-3-4-9(12)11(8)10/h3-5,8H,6H2,1-2H3. The van der Waals surface area contributed by atoms with E-state index in [0.29, 0.717) is 12.1 Å². The SMILES string of the molecule is CC(=O)C1CN(C)c2cccc(F)c21. The number of anilines is 1. The van der Waals surface area contributed by atoms with Gasteiger partial charge >= 0.3 is 0 Å². The second-order valence-electron chi connectivity index (χ2n) is 3.72. The Morgan fingerprint density at radius 3 is 2.93 bits per heavy atom.